The molecule has 4 N–H and O–H groups in total. The molecule has 1 atom stereocenters. The number of carbonyl (C=O) groups excluding carboxylic acids is 1. The van der Waals surface area contributed by atoms with Gasteiger partial charge in [0.25, 0.3) is 5.91 Å². The molecule has 0 fully saturated rings. The minimum absolute atomic E-state index is 0.353. The van der Waals surface area contributed by atoms with Crippen LogP contribution in [0.1, 0.15) is 0 Å². The number of fused-ring (bicyclic) bond motifs is 1. The van der Waals surface area contributed by atoms with Gasteiger partial charge in [-0.2, -0.15) is 0 Å². The predicted molar refractivity (Wildman–Crippen MR) is 44.6 cm³/mol. The lowest BCUT2D eigenvalue weighted by atomic mass is 10.3. The van der Waals surface area contributed by atoms with Crippen molar-refractivity contribution in [3.05, 3.63) is 18.3 Å². The van der Waals surface area contributed by atoms with Gasteiger partial charge in [0, 0.05) is 6.20 Å². The number of amides is 1. The molecule has 1 amide bonds. The van der Waals surface area contributed by atoms with Crippen LogP contribution < -0.4 is 21.3 Å². The molecule has 6 nitrogen and oxygen atoms in total. The number of hydrazine groups is 1. The van der Waals surface area contributed by atoms with Crippen LogP contribution in [0, 0.1) is 0 Å². The average Bonchev–Trinajstić information content (AvgIpc) is 2.17. The molecular weight excluding hydrogens is 172 g/mol. The maximum Gasteiger partial charge on any atom is 0.283 e. The summed E-state index contributed by atoms with van der Waals surface area (Å²) in [5.41, 5.74) is 2.23. The second-order valence-corrected chi connectivity index (χ2v) is 2.50. The van der Waals surface area contributed by atoms with E-state index < -0.39 is 6.23 Å². The number of pyridine rings is 1. The Balaban J connectivity index is 2.33. The topological polar surface area (TPSA) is 89.3 Å². The smallest absolute Gasteiger partial charge is 0.283 e. The van der Waals surface area contributed by atoms with Gasteiger partial charge in [-0.1, -0.05) is 0 Å². The molecule has 1 aliphatic heterocycles. The molecule has 0 radical (unpaired) electrons. The molecule has 0 spiro atoms. The van der Waals surface area contributed by atoms with Crippen molar-refractivity contribution < 1.29 is 9.53 Å². The van der Waals surface area contributed by atoms with E-state index in [2.05, 4.69) is 15.7 Å². The Hall–Kier alpha value is -1.66. The van der Waals surface area contributed by atoms with Crippen LogP contribution in [0.2, 0.25) is 0 Å². The number of anilines is 1. The Bertz CT molecular complexity index is 341. The number of nitrogens with zero attached hydrogens (tertiary/aromatic N) is 1. The van der Waals surface area contributed by atoms with Gasteiger partial charge in [-0.25, -0.2) is 10.4 Å². The lowest BCUT2D eigenvalue weighted by Gasteiger charge is -2.23. The predicted octanol–water partition coefficient (Wildman–Crippen LogP) is -0.798. The van der Waals surface area contributed by atoms with Crippen LogP contribution in [0.15, 0.2) is 18.3 Å². The van der Waals surface area contributed by atoms with Crippen LogP contribution in [0.4, 0.5) is 5.82 Å². The van der Waals surface area contributed by atoms with Crippen molar-refractivity contribution >= 4 is 11.7 Å². The number of hydrogen-bond donors (Lipinski definition) is 3. The molecule has 13 heavy (non-hydrogen) atoms. The maximum absolute atomic E-state index is 11.2. The van der Waals surface area contributed by atoms with Crippen molar-refractivity contribution in [3.63, 3.8) is 0 Å². The Morgan fingerprint density at radius 1 is 1.69 bits per heavy atom. The SMILES string of the molecule is NNC1Oc2cccnc2NC1=O. The fourth-order valence-electron chi connectivity index (χ4n) is 1.05. The van der Waals surface area contributed by atoms with Crippen molar-refractivity contribution in [1.82, 2.24) is 10.4 Å². The normalized spacial score (nSPS) is 20.1. The third-order valence-corrected chi connectivity index (χ3v) is 1.65. The quantitative estimate of drug-likeness (QED) is 0.389. The van der Waals surface area contributed by atoms with Crippen LogP contribution in [0.25, 0.3) is 0 Å². The van der Waals surface area contributed by atoms with E-state index in [-0.39, 0.29) is 5.91 Å². The summed E-state index contributed by atoms with van der Waals surface area (Å²) in [5, 5.41) is 2.54. The zero-order valence-corrected chi connectivity index (χ0v) is 6.65. The first-order valence-electron chi connectivity index (χ1n) is 3.70. The van der Waals surface area contributed by atoms with Crippen LogP contribution in [-0.4, -0.2) is 17.1 Å². The molecule has 0 saturated carbocycles. The molecule has 1 aromatic heterocycles. The van der Waals surface area contributed by atoms with E-state index in [1.165, 1.54) is 0 Å². The van der Waals surface area contributed by atoms with Crippen molar-refractivity contribution in [2.45, 2.75) is 6.23 Å². The Morgan fingerprint density at radius 3 is 3.31 bits per heavy atom. The highest BCUT2D eigenvalue weighted by atomic mass is 16.5. The van der Waals surface area contributed by atoms with E-state index in [0.717, 1.165) is 0 Å². The van der Waals surface area contributed by atoms with Gasteiger partial charge in [0.15, 0.2) is 11.6 Å². The summed E-state index contributed by atoms with van der Waals surface area (Å²) in [7, 11) is 0. The van der Waals surface area contributed by atoms with Crippen LogP contribution in [-0.2, 0) is 4.79 Å². The number of nitrogens with one attached hydrogen (secondary N) is 2. The Kier molecular flexibility index (Phi) is 1.84. The molecule has 6 heteroatoms. The molecule has 2 heterocycles. The van der Waals surface area contributed by atoms with Gasteiger partial charge < -0.3 is 10.1 Å². The summed E-state index contributed by atoms with van der Waals surface area (Å²) in [4.78, 5) is 15.1. The number of carbonyl (C=O) groups is 1. The van der Waals surface area contributed by atoms with Gasteiger partial charge in [0.1, 0.15) is 0 Å². The van der Waals surface area contributed by atoms with Crippen LogP contribution in [0.3, 0.4) is 0 Å². The second-order valence-electron chi connectivity index (χ2n) is 2.50. The van der Waals surface area contributed by atoms with E-state index in [1.807, 2.05) is 0 Å². The van der Waals surface area contributed by atoms with Gasteiger partial charge in [0.2, 0.25) is 6.23 Å². The molecule has 68 valence electrons. The summed E-state index contributed by atoms with van der Waals surface area (Å²) in [5.74, 6) is 5.66. The van der Waals surface area contributed by atoms with Crippen molar-refractivity contribution in [3.8, 4) is 5.75 Å². The second kappa shape index (κ2) is 3.00. The number of ether oxygens (including phenoxy) is 1. The fourth-order valence-corrected chi connectivity index (χ4v) is 1.05. The van der Waals surface area contributed by atoms with Gasteiger partial charge in [-0.3, -0.25) is 10.6 Å². The summed E-state index contributed by atoms with van der Waals surface area (Å²) in [6.07, 6.45) is 0.718. The van der Waals surface area contributed by atoms with Gasteiger partial charge >= 0.3 is 0 Å². The highest BCUT2D eigenvalue weighted by Crippen LogP contribution is 2.25. The minimum Gasteiger partial charge on any atom is -0.461 e. The minimum atomic E-state index is -0.850. The maximum atomic E-state index is 11.2. The molecule has 1 aromatic rings. The lowest BCUT2D eigenvalue weighted by molar-refractivity contribution is -0.125. The average molecular weight is 180 g/mol. The Labute approximate surface area is 74.1 Å². The highest BCUT2D eigenvalue weighted by molar-refractivity contribution is 5.96. The summed E-state index contributed by atoms with van der Waals surface area (Å²) in [6.45, 7) is 0. The standard InChI is InChI=1S/C7H8N4O2/c8-11-7-6(12)10-5-4(13-7)2-1-3-9-5/h1-3,7,11H,8H2,(H,9,10,12). The molecule has 0 aromatic carbocycles. The molecule has 0 bridgehead atoms. The first kappa shape index (κ1) is 7.96. The summed E-state index contributed by atoms with van der Waals surface area (Å²) < 4.78 is 5.18. The Morgan fingerprint density at radius 2 is 2.54 bits per heavy atom. The van der Waals surface area contributed by atoms with E-state index in [4.69, 9.17) is 10.6 Å². The van der Waals surface area contributed by atoms with Gasteiger partial charge in [0.05, 0.1) is 0 Å². The largest absolute Gasteiger partial charge is 0.461 e. The number of rotatable bonds is 1. The molecule has 1 unspecified atom stereocenters. The van der Waals surface area contributed by atoms with E-state index in [9.17, 15) is 4.79 Å². The first-order chi connectivity index (χ1) is 6.31. The van der Waals surface area contributed by atoms with Gasteiger partial charge in [-0.15, -0.1) is 0 Å². The van der Waals surface area contributed by atoms with Crippen molar-refractivity contribution in [1.29, 1.82) is 0 Å². The van der Waals surface area contributed by atoms with Crippen molar-refractivity contribution in [2.24, 2.45) is 5.84 Å². The zero-order chi connectivity index (χ0) is 9.26. The van der Waals surface area contributed by atoms with E-state index in [1.54, 1.807) is 18.3 Å². The highest BCUT2D eigenvalue weighted by Gasteiger charge is 2.26. The molecule has 2 rings (SSSR count). The van der Waals surface area contributed by atoms with E-state index in [0.29, 0.717) is 11.6 Å². The molecule has 0 aliphatic carbocycles. The monoisotopic (exact) mass is 180 g/mol. The zero-order valence-electron chi connectivity index (χ0n) is 6.65. The number of aromatic nitrogens is 1. The number of hydrogen-bond acceptors (Lipinski definition) is 5. The summed E-state index contributed by atoms with van der Waals surface area (Å²) >= 11 is 0. The van der Waals surface area contributed by atoms with Gasteiger partial charge in [-0.05, 0) is 12.1 Å². The molecule has 0 saturated heterocycles. The third-order valence-electron chi connectivity index (χ3n) is 1.65. The van der Waals surface area contributed by atoms with Crippen LogP contribution in [0.5, 0.6) is 5.75 Å². The summed E-state index contributed by atoms with van der Waals surface area (Å²) in [6, 6.07) is 3.41. The van der Waals surface area contributed by atoms with Crippen molar-refractivity contribution in [2.75, 3.05) is 5.32 Å². The first-order valence-corrected chi connectivity index (χ1v) is 3.70. The fraction of sp³-hybridized carbons (Fsp3) is 0.143. The molecular formula is C7H8N4O2. The van der Waals surface area contributed by atoms with E-state index >= 15 is 0 Å². The third kappa shape index (κ3) is 1.32. The van der Waals surface area contributed by atoms with Crippen LogP contribution >= 0.6 is 0 Å². The molecule has 1 aliphatic rings. The number of nitrogens with two attached hydrogens (primary N) is 1. The lowest BCUT2D eigenvalue weighted by Crippen LogP contribution is -2.50.